The molecule has 1 aromatic carbocycles. The maximum Gasteiger partial charge on any atom is 0.315 e. The van der Waals surface area contributed by atoms with E-state index in [2.05, 4.69) is 15.8 Å². The molecule has 1 fully saturated rings. The SMILES string of the molecule is O=C(NCc1cc(-c2ccccc2)no1)NC1CCS(=O)(=O)C1. The molecule has 2 heterocycles. The van der Waals surface area contributed by atoms with Crippen LogP contribution in [0.15, 0.2) is 40.9 Å². The highest BCUT2D eigenvalue weighted by molar-refractivity contribution is 7.91. The lowest BCUT2D eigenvalue weighted by Gasteiger charge is -2.10. The smallest absolute Gasteiger partial charge is 0.315 e. The van der Waals surface area contributed by atoms with Gasteiger partial charge in [-0.1, -0.05) is 35.5 Å². The topological polar surface area (TPSA) is 101 Å². The van der Waals surface area contributed by atoms with Crippen molar-refractivity contribution < 1.29 is 17.7 Å². The number of hydrogen-bond acceptors (Lipinski definition) is 5. The molecule has 1 atom stereocenters. The minimum atomic E-state index is -3.01. The van der Waals surface area contributed by atoms with E-state index in [-0.39, 0.29) is 24.1 Å². The molecule has 1 aliphatic rings. The molecule has 0 aliphatic carbocycles. The summed E-state index contributed by atoms with van der Waals surface area (Å²) in [4.78, 5) is 11.8. The zero-order valence-corrected chi connectivity index (χ0v) is 13.2. The lowest BCUT2D eigenvalue weighted by atomic mass is 10.1. The fourth-order valence-corrected chi connectivity index (χ4v) is 4.13. The Kier molecular flexibility index (Phi) is 4.33. The monoisotopic (exact) mass is 335 g/mol. The van der Waals surface area contributed by atoms with Crippen molar-refractivity contribution in [1.82, 2.24) is 15.8 Å². The number of urea groups is 1. The number of aromatic nitrogens is 1. The Morgan fingerprint density at radius 2 is 2.09 bits per heavy atom. The van der Waals surface area contributed by atoms with Gasteiger partial charge in [0.25, 0.3) is 0 Å². The molecule has 2 aromatic rings. The van der Waals surface area contributed by atoms with Crippen molar-refractivity contribution in [3.63, 3.8) is 0 Å². The van der Waals surface area contributed by atoms with E-state index >= 15 is 0 Å². The number of carbonyl (C=O) groups excluding carboxylic acids is 1. The van der Waals surface area contributed by atoms with Crippen molar-refractivity contribution in [2.24, 2.45) is 0 Å². The molecule has 1 unspecified atom stereocenters. The van der Waals surface area contributed by atoms with E-state index in [4.69, 9.17) is 4.52 Å². The first-order valence-electron chi connectivity index (χ1n) is 7.28. The first-order valence-corrected chi connectivity index (χ1v) is 9.10. The third kappa shape index (κ3) is 4.10. The van der Waals surface area contributed by atoms with E-state index in [0.717, 1.165) is 5.56 Å². The summed E-state index contributed by atoms with van der Waals surface area (Å²) in [6, 6.07) is 10.6. The van der Waals surface area contributed by atoms with Gasteiger partial charge in [-0.05, 0) is 6.42 Å². The second-order valence-electron chi connectivity index (χ2n) is 5.47. The van der Waals surface area contributed by atoms with E-state index in [1.54, 1.807) is 6.07 Å². The van der Waals surface area contributed by atoms with E-state index in [0.29, 0.717) is 17.9 Å². The van der Waals surface area contributed by atoms with E-state index in [1.807, 2.05) is 30.3 Å². The third-order valence-electron chi connectivity index (χ3n) is 3.62. The van der Waals surface area contributed by atoms with Crippen LogP contribution in [0.4, 0.5) is 4.79 Å². The van der Waals surface area contributed by atoms with Gasteiger partial charge in [0.05, 0.1) is 18.1 Å². The first-order chi connectivity index (χ1) is 11.0. The Bertz CT molecular complexity index is 786. The Hall–Kier alpha value is -2.35. The predicted octanol–water partition coefficient (Wildman–Crippen LogP) is 1.33. The second kappa shape index (κ2) is 6.41. The molecular weight excluding hydrogens is 318 g/mol. The molecule has 8 heteroatoms. The molecular formula is C15H17N3O4S. The number of amides is 2. The number of sulfone groups is 1. The molecule has 0 spiro atoms. The Morgan fingerprint density at radius 1 is 1.30 bits per heavy atom. The molecule has 0 saturated carbocycles. The Morgan fingerprint density at radius 3 is 2.78 bits per heavy atom. The van der Waals surface area contributed by atoms with Crippen molar-refractivity contribution in [2.75, 3.05) is 11.5 Å². The zero-order valence-electron chi connectivity index (χ0n) is 12.4. The van der Waals surface area contributed by atoms with Gasteiger partial charge in [0.2, 0.25) is 0 Å². The molecule has 1 aliphatic heterocycles. The summed E-state index contributed by atoms with van der Waals surface area (Å²) in [7, 11) is -3.01. The third-order valence-corrected chi connectivity index (χ3v) is 5.39. The fraction of sp³-hybridized carbons (Fsp3) is 0.333. The van der Waals surface area contributed by atoms with Gasteiger partial charge >= 0.3 is 6.03 Å². The molecule has 2 N–H and O–H groups in total. The fourth-order valence-electron chi connectivity index (χ4n) is 2.45. The van der Waals surface area contributed by atoms with Gasteiger partial charge in [0.15, 0.2) is 15.6 Å². The van der Waals surface area contributed by atoms with Gasteiger partial charge < -0.3 is 15.2 Å². The average Bonchev–Trinajstić information content (AvgIpc) is 3.13. The zero-order chi connectivity index (χ0) is 16.3. The summed E-state index contributed by atoms with van der Waals surface area (Å²) in [6.07, 6.45) is 0.455. The predicted molar refractivity (Wildman–Crippen MR) is 84.4 cm³/mol. The molecule has 0 bridgehead atoms. The van der Waals surface area contributed by atoms with Crippen LogP contribution in [-0.2, 0) is 16.4 Å². The molecule has 122 valence electrons. The minimum Gasteiger partial charge on any atom is -0.359 e. The molecule has 23 heavy (non-hydrogen) atoms. The van der Waals surface area contributed by atoms with Gasteiger partial charge in [0.1, 0.15) is 5.69 Å². The molecule has 2 amide bonds. The lowest BCUT2D eigenvalue weighted by Crippen LogP contribution is -2.42. The van der Waals surface area contributed by atoms with Crippen molar-refractivity contribution in [2.45, 2.75) is 19.0 Å². The van der Waals surface area contributed by atoms with E-state index in [1.165, 1.54) is 0 Å². The van der Waals surface area contributed by atoms with Crippen LogP contribution < -0.4 is 10.6 Å². The van der Waals surface area contributed by atoms with Crippen LogP contribution in [0.5, 0.6) is 0 Å². The van der Waals surface area contributed by atoms with Crippen LogP contribution in [0.25, 0.3) is 11.3 Å². The van der Waals surface area contributed by atoms with Gasteiger partial charge in [-0.3, -0.25) is 0 Å². The van der Waals surface area contributed by atoms with Crippen molar-refractivity contribution in [1.29, 1.82) is 0 Å². The van der Waals surface area contributed by atoms with Gasteiger partial charge in [-0.25, -0.2) is 13.2 Å². The number of benzene rings is 1. The number of hydrogen-bond donors (Lipinski definition) is 2. The van der Waals surface area contributed by atoms with Gasteiger partial charge in [-0.15, -0.1) is 0 Å². The van der Waals surface area contributed by atoms with Gasteiger partial charge in [-0.2, -0.15) is 0 Å². The molecule has 1 saturated heterocycles. The highest BCUT2D eigenvalue weighted by Crippen LogP contribution is 2.18. The van der Waals surface area contributed by atoms with Crippen LogP contribution in [0.3, 0.4) is 0 Å². The van der Waals surface area contributed by atoms with Crippen LogP contribution in [-0.4, -0.2) is 37.2 Å². The number of carbonyl (C=O) groups is 1. The maximum absolute atomic E-state index is 11.8. The number of nitrogens with one attached hydrogen (secondary N) is 2. The second-order valence-corrected chi connectivity index (χ2v) is 7.70. The number of nitrogens with zero attached hydrogens (tertiary/aromatic N) is 1. The van der Waals surface area contributed by atoms with Gasteiger partial charge in [0, 0.05) is 17.7 Å². The van der Waals surface area contributed by atoms with Crippen LogP contribution in [0, 0.1) is 0 Å². The van der Waals surface area contributed by atoms with Crippen LogP contribution in [0.1, 0.15) is 12.2 Å². The lowest BCUT2D eigenvalue weighted by molar-refractivity contribution is 0.236. The highest BCUT2D eigenvalue weighted by atomic mass is 32.2. The van der Waals surface area contributed by atoms with E-state index < -0.39 is 15.9 Å². The average molecular weight is 335 g/mol. The van der Waals surface area contributed by atoms with Crippen molar-refractivity contribution >= 4 is 15.9 Å². The summed E-state index contributed by atoms with van der Waals surface area (Å²) in [5.41, 5.74) is 1.63. The molecule has 1 aromatic heterocycles. The number of rotatable bonds is 4. The minimum absolute atomic E-state index is 0.000876. The summed E-state index contributed by atoms with van der Waals surface area (Å²) in [6.45, 7) is 0.186. The van der Waals surface area contributed by atoms with Crippen LogP contribution >= 0.6 is 0 Å². The van der Waals surface area contributed by atoms with Crippen molar-refractivity contribution in [3.8, 4) is 11.3 Å². The van der Waals surface area contributed by atoms with Crippen LogP contribution in [0.2, 0.25) is 0 Å². The Balaban J connectivity index is 1.51. The molecule has 0 radical (unpaired) electrons. The summed E-state index contributed by atoms with van der Waals surface area (Å²) in [5.74, 6) is 0.652. The normalized spacial score (nSPS) is 19.4. The van der Waals surface area contributed by atoms with Crippen molar-refractivity contribution in [3.05, 3.63) is 42.2 Å². The first kappa shape index (κ1) is 15.5. The van der Waals surface area contributed by atoms with E-state index in [9.17, 15) is 13.2 Å². The standard InChI is InChI=1S/C15H17N3O4S/c19-15(17-12-6-7-23(20,21)10-12)16-9-13-8-14(18-22-13)11-4-2-1-3-5-11/h1-5,8,12H,6-7,9-10H2,(H2,16,17,19). The summed E-state index contributed by atoms with van der Waals surface area (Å²) >= 11 is 0. The summed E-state index contributed by atoms with van der Waals surface area (Å²) < 4.78 is 27.9. The quantitative estimate of drug-likeness (QED) is 0.878. The molecule has 3 rings (SSSR count). The largest absolute Gasteiger partial charge is 0.359 e. The Labute approximate surface area is 134 Å². The summed E-state index contributed by atoms with van der Waals surface area (Å²) in [5, 5.41) is 9.25. The maximum atomic E-state index is 11.8. The highest BCUT2D eigenvalue weighted by Gasteiger charge is 2.28. The molecule has 7 nitrogen and oxygen atoms in total.